The molecule has 2 atom stereocenters. The molecule has 7 heteroatoms. The van der Waals surface area contributed by atoms with Crippen LogP contribution in [-0.4, -0.2) is 32.5 Å². The Morgan fingerprint density at radius 3 is 3.12 bits per heavy atom. The van der Waals surface area contributed by atoms with Crippen molar-refractivity contribution < 1.29 is 14.8 Å². The number of ether oxygens (including phenoxy) is 1. The first kappa shape index (κ1) is 11.0. The minimum atomic E-state index is -0.479. The molecule has 1 aliphatic rings. The summed E-state index contributed by atoms with van der Waals surface area (Å²) in [6, 6.07) is 0. The third kappa shape index (κ3) is 1.91. The van der Waals surface area contributed by atoms with Crippen LogP contribution in [-0.2, 0) is 11.8 Å². The third-order valence-electron chi connectivity index (χ3n) is 2.72. The minimum Gasteiger partial charge on any atom is -0.393 e. The molecule has 0 saturated carbocycles. The maximum atomic E-state index is 10.8. The van der Waals surface area contributed by atoms with E-state index in [0.717, 1.165) is 0 Å². The summed E-state index contributed by atoms with van der Waals surface area (Å²) >= 11 is 0. The number of hydrogen-bond acceptors (Lipinski definition) is 5. The average Bonchev–Trinajstić information content (AvgIpc) is 2.60. The highest BCUT2D eigenvalue weighted by atomic mass is 16.6. The quantitative estimate of drug-likeness (QED) is 0.588. The first-order valence-corrected chi connectivity index (χ1v) is 5.05. The third-order valence-corrected chi connectivity index (χ3v) is 2.72. The highest BCUT2D eigenvalue weighted by molar-refractivity contribution is 5.35. The second-order valence-electron chi connectivity index (χ2n) is 3.83. The molecule has 88 valence electrons. The van der Waals surface area contributed by atoms with E-state index >= 15 is 0 Å². The van der Waals surface area contributed by atoms with Gasteiger partial charge in [0.2, 0.25) is 0 Å². The van der Waals surface area contributed by atoms with E-state index in [2.05, 4.69) is 5.10 Å². The Morgan fingerprint density at radius 2 is 2.50 bits per heavy atom. The summed E-state index contributed by atoms with van der Waals surface area (Å²) in [5.41, 5.74) is 0.366. The Balaban J connectivity index is 2.31. The molecular formula is C9H13N3O4. The van der Waals surface area contributed by atoms with E-state index in [1.807, 2.05) is 0 Å². The van der Waals surface area contributed by atoms with Gasteiger partial charge in [-0.1, -0.05) is 0 Å². The van der Waals surface area contributed by atoms with Crippen molar-refractivity contribution in [3.63, 3.8) is 0 Å². The second-order valence-corrected chi connectivity index (χ2v) is 3.83. The topological polar surface area (TPSA) is 90.4 Å². The van der Waals surface area contributed by atoms with Gasteiger partial charge in [-0.2, -0.15) is 5.10 Å². The van der Waals surface area contributed by atoms with E-state index in [9.17, 15) is 15.2 Å². The van der Waals surface area contributed by atoms with Crippen molar-refractivity contribution in [2.24, 2.45) is 7.05 Å². The molecule has 2 heterocycles. The van der Waals surface area contributed by atoms with Crippen LogP contribution in [0.4, 0.5) is 5.69 Å². The van der Waals surface area contributed by atoms with Gasteiger partial charge in [0.25, 0.3) is 0 Å². The van der Waals surface area contributed by atoms with E-state index in [-0.39, 0.29) is 5.69 Å². The van der Waals surface area contributed by atoms with Crippen LogP contribution in [0.15, 0.2) is 6.20 Å². The van der Waals surface area contributed by atoms with Crippen molar-refractivity contribution in [1.82, 2.24) is 9.78 Å². The predicted octanol–water partition coefficient (Wildman–Crippen LogP) is 0.541. The summed E-state index contributed by atoms with van der Waals surface area (Å²) in [5.74, 6) is 0. The zero-order valence-corrected chi connectivity index (χ0v) is 8.87. The number of rotatable bonds is 2. The van der Waals surface area contributed by atoms with E-state index in [0.29, 0.717) is 25.1 Å². The molecule has 1 aromatic rings. The fourth-order valence-corrected chi connectivity index (χ4v) is 1.92. The molecule has 2 rings (SSSR count). The summed E-state index contributed by atoms with van der Waals surface area (Å²) in [7, 11) is 1.63. The van der Waals surface area contributed by atoms with Gasteiger partial charge < -0.3 is 9.84 Å². The lowest BCUT2D eigenvalue weighted by Crippen LogP contribution is -2.25. The summed E-state index contributed by atoms with van der Waals surface area (Å²) < 4.78 is 6.87. The molecule has 1 fully saturated rings. The highest BCUT2D eigenvalue weighted by Gasteiger charge is 2.31. The number of nitrogens with zero attached hydrogens (tertiary/aromatic N) is 3. The lowest BCUT2D eigenvalue weighted by atomic mass is 10.0. The Labute approximate surface area is 91.8 Å². The number of hydrogen-bond donors (Lipinski definition) is 1. The average molecular weight is 227 g/mol. The van der Waals surface area contributed by atoms with Crippen LogP contribution in [0.5, 0.6) is 0 Å². The molecule has 0 spiro atoms. The van der Waals surface area contributed by atoms with Crippen molar-refractivity contribution >= 4 is 5.69 Å². The van der Waals surface area contributed by atoms with Crippen LogP contribution in [0.25, 0.3) is 0 Å². The van der Waals surface area contributed by atoms with Crippen LogP contribution in [0, 0.1) is 10.1 Å². The maximum absolute atomic E-state index is 10.8. The fourth-order valence-electron chi connectivity index (χ4n) is 1.92. The molecule has 0 bridgehead atoms. The van der Waals surface area contributed by atoms with Crippen molar-refractivity contribution in [1.29, 1.82) is 0 Å². The summed E-state index contributed by atoms with van der Waals surface area (Å²) in [5, 5.41) is 24.2. The molecule has 0 amide bonds. The minimum absolute atomic E-state index is 0.0541. The number of aromatic nitrogens is 2. The molecule has 0 unspecified atom stereocenters. The van der Waals surface area contributed by atoms with E-state index < -0.39 is 17.1 Å². The van der Waals surface area contributed by atoms with Gasteiger partial charge in [-0.25, -0.2) is 0 Å². The molecule has 0 aromatic carbocycles. The molecule has 1 aliphatic heterocycles. The van der Waals surface area contributed by atoms with Gasteiger partial charge in [0, 0.05) is 20.1 Å². The van der Waals surface area contributed by atoms with Crippen LogP contribution in [0.3, 0.4) is 0 Å². The van der Waals surface area contributed by atoms with Crippen LogP contribution < -0.4 is 0 Å². The number of nitro groups is 1. The van der Waals surface area contributed by atoms with Gasteiger partial charge in [0.1, 0.15) is 18.0 Å². The van der Waals surface area contributed by atoms with Crippen molar-refractivity contribution in [3.05, 3.63) is 22.0 Å². The standard InChI is InChI=1S/C9H13N3O4/c1-11-9(7(5-10-11)12(14)15)8-4-6(13)2-3-16-8/h5-6,8,13H,2-4H2,1H3/t6-,8+/m0/s1. The van der Waals surface area contributed by atoms with Gasteiger partial charge in [-0.05, 0) is 6.42 Å². The Morgan fingerprint density at radius 1 is 1.75 bits per heavy atom. The molecule has 1 saturated heterocycles. The number of aliphatic hydroxyl groups is 1. The smallest absolute Gasteiger partial charge is 0.312 e. The number of aliphatic hydroxyl groups excluding tert-OH is 1. The molecule has 0 radical (unpaired) electrons. The normalized spacial score (nSPS) is 25.6. The Hall–Kier alpha value is -1.47. The zero-order chi connectivity index (χ0) is 11.7. The van der Waals surface area contributed by atoms with Gasteiger partial charge in [0.15, 0.2) is 0 Å². The largest absolute Gasteiger partial charge is 0.393 e. The van der Waals surface area contributed by atoms with Crippen LogP contribution in [0.1, 0.15) is 24.6 Å². The maximum Gasteiger partial charge on any atom is 0.312 e. The van der Waals surface area contributed by atoms with Gasteiger partial charge in [-0.3, -0.25) is 14.8 Å². The molecule has 16 heavy (non-hydrogen) atoms. The number of aryl methyl sites for hydroxylation is 1. The van der Waals surface area contributed by atoms with Crippen LogP contribution >= 0.6 is 0 Å². The first-order chi connectivity index (χ1) is 7.59. The van der Waals surface area contributed by atoms with Crippen molar-refractivity contribution in [2.45, 2.75) is 25.0 Å². The van der Waals surface area contributed by atoms with E-state index in [4.69, 9.17) is 4.74 Å². The van der Waals surface area contributed by atoms with Gasteiger partial charge in [0.05, 0.1) is 11.0 Å². The van der Waals surface area contributed by atoms with Gasteiger partial charge in [-0.15, -0.1) is 0 Å². The first-order valence-electron chi connectivity index (χ1n) is 5.05. The van der Waals surface area contributed by atoms with Gasteiger partial charge >= 0.3 is 5.69 Å². The molecule has 1 N–H and O–H groups in total. The SMILES string of the molecule is Cn1ncc([N+](=O)[O-])c1[C@H]1C[C@@H](O)CCO1. The molecule has 1 aromatic heterocycles. The predicted molar refractivity (Wildman–Crippen MR) is 53.8 cm³/mol. The zero-order valence-electron chi connectivity index (χ0n) is 8.87. The lowest BCUT2D eigenvalue weighted by Gasteiger charge is -2.25. The summed E-state index contributed by atoms with van der Waals surface area (Å²) in [4.78, 5) is 10.3. The van der Waals surface area contributed by atoms with Crippen LogP contribution in [0.2, 0.25) is 0 Å². The van der Waals surface area contributed by atoms with E-state index in [1.165, 1.54) is 10.9 Å². The second kappa shape index (κ2) is 4.18. The lowest BCUT2D eigenvalue weighted by molar-refractivity contribution is -0.386. The van der Waals surface area contributed by atoms with Crippen molar-refractivity contribution in [2.75, 3.05) is 6.61 Å². The summed E-state index contributed by atoms with van der Waals surface area (Å²) in [6.45, 7) is 0.411. The highest BCUT2D eigenvalue weighted by Crippen LogP contribution is 2.33. The Kier molecular flexibility index (Phi) is 2.88. The molecule has 7 nitrogen and oxygen atoms in total. The van der Waals surface area contributed by atoms with Crippen molar-refractivity contribution in [3.8, 4) is 0 Å². The monoisotopic (exact) mass is 227 g/mol. The molecule has 0 aliphatic carbocycles. The van der Waals surface area contributed by atoms with E-state index in [1.54, 1.807) is 7.05 Å². The molecular weight excluding hydrogens is 214 g/mol. The summed E-state index contributed by atoms with van der Waals surface area (Å²) in [6.07, 6.45) is 1.24. The fraction of sp³-hybridized carbons (Fsp3) is 0.667. The Bertz CT molecular complexity index is 403.